The minimum Gasteiger partial charge on any atom is -0.480 e. The molecule has 0 aliphatic heterocycles. The van der Waals surface area contributed by atoms with Gasteiger partial charge in [-0.3, -0.25) is 4.79 Å². The number of carboxylic acid groups (broad SMARTS) is 1. The van der Waals surface area contributed by atoms with E-state index in [4.69, 9.17) is 10.8 Å². The summed E-state index contributed by atoms with van der Waals surface area (Å²) in [7, 11) is 0. The number of urea groups is 1. The molecule has 21 heavy (non-hydrogen) atoms. The minimum atomic E-state index is -1.21. The second-order valence-electron chi connectivity index (χ2n) is 4.67. The number of aliphatic carboxylic acids is 1. The Balaban J connectivity index is 2.42. The van der Waals surface area contributed by atoms with Crippen molar-refractivity contribution in [1.82, 2.24) is 20.2 Å². The van der Waals surface area contributed by atoms with Crippen molar-refractivity contribution in [3.05, 3.63) is 18.7 Å². The first-order chi connectivity index (χ1) is 9.88. The Labute approximate surface area is 121 Å². The first-order valence-electron chi connectivity index (χ1n) is 6.42. The number of aromatic nitrogens is 2. The van der Waals surface area contributed by atoms with Crippen LogP contribution in [-0.4, -0.2) is 44.6 Å². The molecule has 9 nitrogen and oxygen atoms in total. The number of nitrogens with two attached hydrogens (primary N) is 1. The molecule has 2 atom stereocenters. The van der Waals surface area contributed by atoms with E-state index in [0.717, 1.165) is 0 Å². The summed E-state index contributed by atoms with van der Waals surface area (Å²) in [5.41, 5.74) is 4.96. The number of hydrogen-bond acceptors (Lipinski definition) is 4. The van der Waals surface area contributed by atoms with Gasteiger partial charge >= 0.3 is 12.0 Å². The molecule has 0 fully saturated rings. The molecule has 0 saturated heterocycles. The molecule has 116 valence electrons. The highest BCUT2D eigenvalue weighted by molar-refractivity contribution is 5.83. The Morgan fingerprint density at radius 1 is 1.38 bits per heavy atom. The second-order valence-corrected chi connectivity index (χ2v) is 4.67. The molecule has 1 aromatic heterocycles. The number of carbonyl (C=O) groups excluding carboxylic acids is 2. The van der Waals surface area contributed by atoms with Crippen LogP contribution >= 0.6 is 0 Å². The van der Waals surface area contributed by atoms with Crippen LogP contribution in [0.5, 0.6) is 0 Å². The van der Waals surface area contributed by atoms with E-state index in [1.807, 2.05) is 0 Å². The molecule has 0 aliphatic rings. The first-order valence-corrected chi connectivity index (χ1v) is 6.42. The van der Waals surface area contributed by atoms with Crippen LogP contribution in [0.4, 0.5) is 4.79 Å². The van der Waals surface area contributed by atoms with Crippen molar-refractivity contribution < 1.29 is 19.5 Å². The van der Waals surface area contributed by atoms with Crippen molar-refractivity contribution in [2.24, 2.45) is 5.73 Å². The van der Waals surface area contributed by atoms with Gasteiger partial charge in [0.25, 0.3) is 0 Å². The van der Waals surface area contributed by atoms with Crippen LogP contribution in [0.2, 0.25) is 0 Å². The zero-order valence-electron chi connectivity index (χ0n) is 11.7. The molecule has 0 aromatic carbocycles. The molecule has 1 rings (SSSR count). The number of nitrogens with zero attached hydrogens (tertiary/aromatic N) is 2. The van der Waals surface area contributed by atoms with E-state index in [1.165, 1.54) is 0 Å². The van der Waals surface area contributed by atoms with Gasteiger partial charge in [-0.1, -0.05) is 0 Å². The number of rotatable bonds is 8. The summed E-state index contributed by atoms with van der Waals surface area (Å²) in [4.78, 5) is 37.2. The summed E-state index contributed by atoms with van der Waals surface area (Å²) >= 11 is 0. The molecule has 2 unspecified atom stereocenters. The van der Waals surface area contributed by atoms with Crippen LogP contribution < -0.4 is 16.4 Å². The molecule has 0 bridgehead atoms. The predicted molar refractivity (Wildman–Crippen MR) is 73.2 cm³/mol. The lowest BCUT2D eigenvalue weighted by atomic mass is 10.1. The third-order valence-corrected chi connectivity index (χ3v) is 2.70. The molecule has 0 aliphatic carbocycles. The second kappa shape index (κ2) is 7.88. The van der Waals surface area contributed by atoms with E-state index < -0.39 is 23.9 Å². The molecule has 1 aromatic rings. The SMILES string of the molecule is CC(Cn1ccnc1)NC(=O)NC(CCC(N)=O)C(=O)O. The van der Waals surface area contributed by atoms with Crippen LogP contribution in [0.15, 0.2) is 18.7 Å². The van der Waals surface area contributed by atoms with Gasteiger partial charge in [0.2, 0.25) is 5.91 Å². The van der Waals surface area contributed by atoms with Crippen LogP contribution in [0.3, 0.4) is 0 Å². The van der Waals surface area contributed by atoms with Gasteiger partial charge in [-0.15, -0.1) is 0 Å². The summed E-state index contributed by atoms with van der Waals surface area (Å²) in [6.07, 6.45) is 4.83. The highest BCUT2D eigenvalue weighted by atomic mass is 16.4. The third-order valence-electron chi connectivity index (χ3n) is 2.70. The maximum absolute atomic E-state index is 11.7. The van der Waals surface area contributed by atoms with E-state index in [2.05, 4.69) is 15.6 Å². The maximum atomic E-state index is 11.7. The molecule has 0 spiro atoms. The quantitative estimate of drug-likeness (QED) is 0.502. The van der Waals surface area contributed by atoms with Crippen molar-refractivity contribution in [3.8, 4) is 0 Å². The summed E-state index contributed by atoms with van der Waals surface area (Å²) < 4.78 is 1.78. The largest absolute Gasteiger partial charge is 0.480 e. The van der Waals surface area contributed by atoms with Crippen LogP contribution in [0.1, 0.15) is 19.8 Å². The van der Waals surface area contributed by atoms with E-state index >= 15 is 0 Å². The van der Waals surface area contributed by atoms with Gasteiger partial charge in [-0.05, 0) is 13.3 Å². The lowest BCUT2D eigenvalue weighted by Gasteiger charge is -2.18. The monoisotopic (exact) mass is 297 g/mol. The summed E-state index contributed by atoms with van der Waals surface area (Å²) in [6, 6.07) is -1.98. The molecule has 5 N–H and O–H groups in total. The minimum absolute atomic E-state index is 0.0476. The number of nitrogens with one attached hydrogen (secondary N) is 2. The Kier molecular flexibility index (Phi) is 6.18. The standard InChI is InChI=1S/C12H19N5O4/c1-8(6-17-5-4-14-7-17)15-12(21)16-9(11(19)20)2-3-10(13)18/h4-5,7-9H,2-3,6H2,1H3,(H2,13,18)(H,19,20)(H2,15,16,21). The van der Waals surface area contributed by atoms with Crippen molar-refractivity contribution in [3.63, 3.8) is 0 Å². The third kappa shape index (κ3) is 6.41. The summed E-state index contributed by atoms with van der Waals surface area (Å²) in [6.45, 7) is 2.28. The number of amides is 3. The predicted octanol–water partition coefficient (Wildman–Crippen LogP) is -0.710. The number of hydrogen-bond donors (Lipinski definition) is 4. The maximum Gasteiger partial charge on any atom is 0.326 e. The Bertz CT molecular complexity index is 488. The molecular weight excluding hydrogens is 278 g/mol. The molecular formula is C12H19N5O4. The van der Waals surface area contributed by atoms with Crippen molar-refractivity contribution in [1.29, 1.82) is 0 Å². The van der Waals surface area contributed by atoms with Gasteiger partial charge < -0.3 is 26.0 Å². The molecule has 0 radical (unpaired) electrons. The Hall–Kier alpha value is -2.58. The van der Waals surface area contributed by atoms with E-state index in [0.29, 0.717) is 6.54 Å². The van der Waals surface area contributed by atoms with Gasteiger partial charge in [0.1, 0.15) is 6.04 Å². The van der Waals surface area contributed by atoms with Gasteiger partial charge in [0, 0.05) is 31.4 Å². The van der Waals surface area contributed by atoms with Gasteiger partial charge in [-0.25, -0.2) is 14.6 Å². The van der Waals surface area contributed by atoms with Crippen LogP contribution in [-0.2, 0) is 16.1 Å². The van der Waals surface area contributed by atoms with Crippen LogP contribution in [0.25, 0.3) is 0 Å². The fraction of sp³-hybridized carbons (Fsp3) is 0.500. The molecule has 1 heterocycles. The highest BCUT2D eigenvalue weighted by Crippen LogP contribution is 1.98. The normalized spacial score (nSPS) is 13.2. The average Bonchev–Trinajstić information content (AvgIpc) is 2.86. The van der Waals surface area contributed by atoms with Crippen molar-refractivity contribution in [2.75, 3.05) is 0 Å². The number of imidazole rings is 1. The smallest absolute Gasteiger partial charge is 0.326 e. The van der Waals surface area contributed by atoms with Gasteiger partial charge in [-0.2, -0.15) is 0 Å². The molecule has 0 saturated carbocycles. The number of primary amides is 1. The Morgan fingerprint density at radius 3 is 2.62 bits per heavy atom. The van der Waals surface area contributed by atoms with Crippen LogP contribution in [0, 0.1) is 0 Å². The Morgan fingerprint density at radius 2 is 2.10 bits per heavy atom. The van der Waals surface area contributed by atoms with Crippen molar-refractivity contribution in [2.45, 2.75) is 38.4 Å². The average molecular weight is 297 g/mol. The number of carboxylic acids is 1. The van der Waals surface area contributed by atoms with E-state index in [-0.39, 0.29) is 18.9 Å². The zero-order chi connectivity index (χ0) is 15.8. The summed E-state index contributed by atoms with van der Waals surface area (Å²) in [5, 5.41) is 13.9. The fourth-order valence-corrected chi connectivity index (χ4v) is 1.72. The lowest BCUT2D eigenvalue weighted by molar-refractivity contribution is -0.139. The topological polar surface area (TPSA) is 139 Å². The van der Waals surface area contributed by atoms with E-state index in [9.17, 15) is 14.4 Å². The summed E-state index contributed by atoms with van der Waals surface area (Å²) in [5.74, 6) is -1.83. The van der Waals surface area contributed by atoms with Gasteiger partial charge in [0.05, 0.1) is 6.33 Å². The highest BCUT2D eigenvalue weighted by Gasteiger charge is 2.21. The first kappa shape index (κ1) is 16.5. The number of carbonyl (C=O) groups is 3. The molecule has 9 heteroatoms. The lowest BCUT2D eigenvalue weighted by Crippen LogP contribution is -2.49. The molecule has 3 amide bonds. The fourth-order valence-electron chi connectivity index (χ4n) is 1.72. The van der Waals surface area contributed by atoms with Crippen molar-refractivity contribution >= 4 is 17.9 Å². The van der Waals surface area contributed by atoms with E-state index in [1.54, 1.807) is 30.2 Å². The van der Waals surface area contributed by atoms with Gasteiger partial charge in [0.15, 0.2) is 0 Å². The zero-order valence-corrected chi connectivity index (χ0v) is 11.7.